The maximum atomic E-state index is 12.9. The highest BCUT2D eigenvalue weighted by molar-refractivity contribution is 7.21. The zero-order valence-electron chi connectivity index (χ0n) is 17.8. The van der Waals surface area contributed by atoms with E-state index in [4.69, 9.17) is 33.9 Å². The number of nitrogens with one attached hydrogen (secondary N) is 1. The van der Waals surface area contributed by atoms with E-state index in [1.807, 2.05) is 12.1 Å². The molecular weight excluding hydrogens is 475 g/mol. The minimum atomic E-state index is -0.217. The van der Waals surface area contributed by atoms with Gasteiger partial charge in [0.15, 0.2) is 0 Å². The van der Waals surface area contributed by atoms with E-state index in [2.05, 4.69) is 40.5 Å². The third-order valence-electron chi connectivity index (χ3n) is 5.84. The van der Waals surface area contributed by atoms with E-state index in [1.165, 1.54) is 22.5 Å². The molecule has 33 heavy (non-hydrogen) atoms. The lowest BCUT2D eigenvalue weighted by molar-refractivity contribution is 0.0956. The predicted molar refractivity (Wildman–Crippen MR) is 136 cm³/mol. The number of halogens is 2. The van der Waals surface area contributed by atoms with Gasteiger partial charge < -0.3 is 11.1 Å². The Labute approximate surface area is 206 Å². The number of benzene rings is 2. The van der Waals surface area contributed by atoms with Gasteiger partial charge in [-0.15, -0.1) is 11.3 Å². The molecule has 168 valence electrons. The second-order valence-corrected chi connectivity index (χ2v) is 9.98. The van der Waals surface area contributed by atoms with Crippen molar-refractivity contribution in [3.8, 4) is 0 Å². The van der Waals surface area contributed by atoms with Gasteiger partial charge in [-0.05, 0) is 34.9 Å². The van der Waals surface area contributed by atoms with Crippen molar-refractivity contribution in [2.24, 2.45) is 0 Å². The molecule has 1 amide bonds. The van der Waals surface area contributed by atoms with E-state index in [9.17, 15) is 4.79 Å². The van der Waals surface area contributed by atoms with Crippen LogP contribution in [0.2, 0.25) is 10.0 Å². The van der Waals surface area contributed by atoms with Crippen molar-refractivity contribution >= 4 is 56.3 Å². The van der Waals surface area contributed by atoms with Crippen LogP contribution >= 0.6 is 34.5 Å². The first-order valence-corrected chi connectivity index (χ1v) is 12.2. The smallest absolute Gasteiger partial charge is 0.263 e. The van der Waals surface area contributed by atoms with Crippen LogP contribution in [-0.4, -0.2) is 22.3 Å². The van der Waals surface area contributed by atoms with Crippen LogP contribution in [0.5, 0.6) is 0 Å². The average molecular weight is 497 g/mol. The number of nitrogens with two attached hydrogens (primary N) is 1. The Kier molecular flexibility index (Phi) is 6.25. The van der Waals surface area contributed by atoms with Crippen LogP contribution in [0.1, 0.15) is 32.1 Å². The van der Waals surface area contributed by atoms with Gasteiger partial charge in [-0.3, -0.25) is 9.69 Å². The molecule has 0 bridgehead atoms. The summed E-state index contributed by atoms with van der Waals surface area (Å²) in [5.74, 6) is -0.217. The molecule has 1 aliphatic heterocycles. The van der Waals surface area contributed by atoms with Crippen molar-refractivity contribution in [1.29, 1.82) is 0 Å². The van der Waals surface area contributed by atoms with Crippen LogP contribution in [-0.2, 0) is 26.1 Å². The van der Waals surface area contributed by atoms with Gasteiger partial charge in [0.2, 0.25) is 0 Å². The van der Waals surface area contributed by atoms with Gasteiger partial charge in [0.05, 0.1) is 15.7 Å². The molecule has 5 rings (SSSR count). The minimum Gasteiger partial charge on any atom is -0.397 e. The summed E-state index contributed by atoms with van der Waals surface area (Å²) in [5, 5.41) is 4.71. The average Bonchev–Trinajstić information content (AvgIpc) is 3.14. The molecule has 0 saturated heterocycles. The Morgan fingerprint density at radius 2 is 1.91 bits per heavy atom. The van der Waals surface area contributed by atoms with Crippen molar-refractivity contribution in [3.63, 3.8) is 0 Å². The molecule has 4 aromatic rings. The predicted octanol–water partition coefficient (Wildman–Crippen LogP) is 5.67. The number of rotatable bonds is 5. The van der Waals surface area contributed by atoms with Gasteiger partial charge in [0, 0.05) is 43.7 Å². The summed E-state index contributed by atoms with van der Waals surface area (Å²) >= 11 is 13.4. The molecule has 0 radical (unpaired) electrons. The summed E-state index contributed by atoms with van der Waals surface area (Å²) in [6, 6.07) is 17.9. The Morgan fingerprint density at radius 3 is 2.70 bits per heavy atom. The summed E-state index contributed by atoms with van der Waals surface area (Å²) < 4.78 is 0. The summed E-state index contributed by atoms with van der Waals surface area (Å²) in [6.45, 7) is 3.02. The Bertz CT molecular complexity index is 1340. The molecule has 3 heterocycles. The molecule has 3 N–H and O–H groups in total. The maximum absolute atomic E-state index is 12.9. The lowest BCUT2D eigenvalue weighted by Gasteiger charge is -2.28. The molecule has 0 saturated carbocycles. The molecule has 0 aliphatic carbocycles. The third kappa shape index (κ3) is 4.70. The van der Waals surface area contributed by atoms with E-state index in [1.54, 1.807) is 12.1 Å². The number of carbonyl (C=O) groups is 1. The first-order valence-electron chi connectivity index (χ1n) is 10.7. The van der Waals surface area contributed by atoms with Gasteiger partial charge in [0.1, 0.15) is 9.71 Å². The Morgan fingerprint density at radius 1 is 1.09 bits per heavy atom. The number of pyridine rings is 1. The number of nitrogen functional groups attached to an aromatic ring is 1. The number of nitrogens with zero attached hydrogens (tertiary/aromatic N) is 2. The largest absolute Gasteiger partial charge is 0.397 e. The normalized spacial score (nSPS) is 13.8. The lowest BCUT2D eigenvalue weighted by Crippen LogP contribution is -2.30. The van der Waals surface area contributed by atoms with Gasteiger partial charge in [0.25, 0.3) is 5.91 Å². The van der Waals surface area contributed by atoms with Gasteiger partial charge in [-0.2, -0.15) is 0 Å². The van der Waals surface area contributed by atoms with Crippen LogP contribution < -0.4 is 11.1 Å². The number of amides is 1. The van der Waals surface area contributed by atoms with E-state index in [-0.39, 0.29) is 5.91 Å². The molecule has 0 unspecified atom stereocenters. The monoisotopic (exact) mass is 496 g/mol. The molecule has 2 aromatic heterocycles. The van der Waals surface area contributed by atoms with Gasteiger partial charge in [-0.25, -0.2) is 4.98 Å². The number of anilines is 1. The number of thiophene rings is 1. The second kappa shape index (κ2) is 9.31. The van der Waals surface area contributed by atoms with Crippen LogP contribution in [0.3, 0.4) is 0 Å². The molecule has 5 nitrogen and oxygen atoms in total. The van der Waals surface area contributed by atoms with Crippen LogP contribution in [0.15, 0.2) is 54.6 Å². The maximum Gasteiger partial charge on any atom is 0.263 e. The quantitative estimate of drug-likeness (QED) is 0.373. The van der Waals surface area contributed by atoms with Crippen molar-refractivity contribution in [2.75, 3.05) is 12.3 Å². The standard InChI is InChI=1S/C25H22Cl2N4OS/c26-19-7-6-16(10-20(19)27)12-29-24(32)23-22(28)18-11-17-14-31(13-15-4-2-1-3-5-15)9-8-21(17)30-25(18)33-23/h1-7,10-11H,8-9,12-14,28H2,(H,29,32). The number of aromatic nitrogens is 1. The van der Waals surface area contributed by atoms with Crippen molar-refractivity contribution in [1.82, 2.24) is 15.2 Å². The fourth-order valence-electron chi connectivity index (χ4n) is 4.11. The topological polar surface area (TPSA) is 71.2 Å². The zero-order valence-corrected chi connectivity index (χ0v) is 20.1. The molecule has 2 aromatic carbocycles. The number of carbonyl (C=O) groups excluding carboxylic acids is 1. The lowest BCUT2D eigenvalue weighted by atomic mass is 10.0. The molecule has 0 atom stereocenters. The SMILES string of the molecule is Nc1c(C(=O)NCc2ccc(Cl)c(Cl)c2)sc2nc3c(cc12)CN(Cc1ccccc1)CC3. The van der Waals surface area contributed by atoms with Crippen LogP contribution in [0.25, 0.3) is 10.2 Å². The van der Waals surface area contributed by atoms with Crippen molar-refractivity contribution < 1.29 is 4.79 Å². The number of hydrogen-bond donors (Lipinski definition) is 2. The van der Waals surface area contributed by atoms with E-state index in [0.29, 0.717) is 27.2 Å². The first-order chi connectivity index (χ1) is 16.0. The van der Waals surface area contributed by atoms with E-state index < -0.39 is 0 Å². The highest BCUT2D eigenvalue weighted by Gasteiger charge is 2.23. The molecule has 0 spiro atoms. The minimum absolute atomic E-state index is 0.217. The second-order valence-electron chi connectivity index (χ2n) is 8.17. The third-order valence-corrected chi connectivity index (χ3v) is 7.69. The zero-order chi connectivity index (χ0) is 22.9. The molecular formula is C25H22Cl2N4OS. The molecule has 8 heteroatoms. The van der Waals surface area contributed by atoms with Crippen LogP contribution in [0.4, 0.5) is 5.69 Å². The summed E-state index contributed by atoms with van der Waals surface area (Å²) in [6.07, 6.45) is 0.884. The van der Waals surface area contributed by atoms with E-state index >= 15 is 0 Å². The first kappa shape index (κ1) is 22.2. The van der Waals surface area contributed by atoms with Crippen molar-refractivity contribution in [2.45, 2.75) is 26.1 Å². The van der Waals surface area contributed by atoms with Gasteiger partial charge >= 0.3 is 0 Å². The fourth-order valence-corrected chi connectivity index (χ4v) is 5.45. The highest BCUT2D eigenvalue weighted by atomic mass is 35.5. The summed E-state index contributed by atoms with van der Waals surface area (Å²) in [4.78, 5) is 21.4. The van der Waals surface area contributed by atoms with E-state index in [0.717, 1.165) is 47.5 Å². The highest BCUT2D eigenvalue weighted by Crippen LogP contribution is 2.35. The Balaban J connectivity index is 1.34. The summed E-state index contributed by atoms with van der Waals surface area (Å²) in [7, 11) is 0. The summed E-state index contributed by atoms with van der Waals surface area (Å²) in [5.41, 5.74) is 11.3. The van der Waals surface area contributed by atoms with Crippen LogP contribution in [0, 0.1) is 0 Å². The number of hydrogen-bond acceptors (Lipinski definition) is 5. The molecule has 1 aliphatic rings. The molecule has 0 fully saturated rings. The van der Waals surface area contributed by atoms with Gasteiger partial charge in [-0.1, -0.05) is 59.6 Å². The van der Waals surface area contributed by atoms with Crippen molar-refractivity contribution in [3.05, 3.63) is 91.9 Å². The Hall–Kier alpha value is -2.64. The fraction of sp³-hybridized carbons (Fsp3) is 0.200. The number of fused-ring (bicyclic) bond motifs is 2.